The van der Waals surface area contributed by atoms with E-state index in [2.05, 4.69) is 35.9 Å². The van der Waals surface area contributed by atoms with Gasteiger partial charge in [0.2, 0.25) is 5.95 Å². The molecule has 0 atom stereocenters. The van der Waals surface area contributed by atoms with Crippen LogP contribution < -0.4 is 10.6 Å². The van der Waals surface area contributed by atoms with Crippen molar-refractivity contribution in [2.24, 2.45) is 0 Å². The molecule has 3 aromatic rings. The standard InChI is InChI=1S/C18H22F3N9/c1-4-22-13-9-14(23-10-12(13)18(19,20)21)26-16-27-15(28-29(16)11-5-6-11)17(2,3)30-24-7-8-25-30/h7-11H,4-6H2,1-3H3,(H2,22,23,26,27,28). The van der Waals surface area contributed by atoms with Crippen molar-refractivity contribution in [3.8, 4) is 0 Å². The van der Waals surface area contributed by atoms with E-state index in [0.29, 0.717) is 18.3 Å². The molecule has 0 amide bonds. The van der Waals surface area contributed by atoms with E-state index >= 15 is 0 Å². The second-order valence-electron chi connectivity index (χ2n) is 7.58. The summed E-state index contributed by atoms with van der Waals surface area (Å²) in [5.41, 5.74) is -1.56. The summed E-state index contributed by atoms with van der Waals surface area (Å²) in [5.74, 6) is 1.16. The Labute approximate surface area is 170 Å². The molecule has 2 N–H and O–H groups in total. The fraction of sp³-hybridized carbons (Fsp3) is 0.500. The molecule has 1 aliphatic rings. The van der Waals surface area contributed by atoms with Gasteiger partial charge in [-0.1, -0.05) is 0 Å². The lowest BCUT2D eigenvalue weighted by molar-refractivity contribution is -0.137. The topological polar surface area (TPSA) is 98.4 Å². The van der Waals surface area contributed by atoms with Crippen LogP contribution in [0.15, 0.2) is 24.7 Å². The van der Waals surface area contributed by atoms with E-state index in [9.17, 15) is 13.2 Å². The molecule has 4 rings (SSSR count). The zero-order valence-corrected chi connectivity index (χ0v) is 16.8. The van der Waals surface area contributed by atoms with Crippen LogP contribution in [-0.4, -0.2) is 41.3 Å². The molecule has 160 valence electrons. The summed E-state index contributed by atoms with van der Waals surface area (Å²) < 4.78 is 41.5. The number of hydrogen-bond donors (Lipinski definition) is 2. The summed E-state index contributed by atoms with van der Waals surface area (Å²) in [4.78, 5) is 10.1. The van der Waals surface area contributed by atoms with Crippen LogP contribution in [0.2, 0.25) is 0 Å². The van der Waals surface area contributed by atoms with Crippen LogP contribution in [0.4, 0.5) is 30.6 Å². The Morgan fingerprint density at radius 3 is 2.47 bits per heavy atom. The SMILES string of the molecule is CCNc1cc(Nc2nc(C(C)(C)n3nccn3)nn2C2CC2)ncc1C(F)(F)F. The minimum absolute atomic E-state index is 0.0405. The molecule has 1 fully saturated rings. The van der Waals surface area contributed by atoms with E-state index in [1.165, 1.54) is 10.9 Å². The summed E-state index contributed by atoms with van der Waals surface area (Å²) in [6.07, 6.45) is 1.39. The molecule has 0 bridgehead atoms. The average Bonchev–Trinajstić information content (AvgIpc) is 3.18. The number of hydrogen-bond acceptors (Lipinski definition) is 7. The fourth-order valence-corrected chi connectivity index (χ4v) is 3.04. The smallest absolute Gasteiger partial charge is 0.385 e. The van der Waals surface area contributed by atoms with E-state index in [0.717, 1.165) is 19.0 Å². The summed E-state index contributed by atoms with van der Waals surface area (Å²) in [7, 11) is 0. The third-order valence-electron chi connectivity index (χ3n) is 4.81. The molecule has 30 heavy (non-hydrogen) atoms. The van der Waals surface area contributed by atoms with Crippen molar-refractivity contribution in [1.82, 2.24) is 34.7 Å². The average molecular weight is 421 g/mol. The predicted molar refractivity (Wildman–Crippen MR) is 103 cm³/mol. The molecule has 1 aliphatic carbocycles. The van der Waals surface area contributed by atoms with E-state index in [-0.39, 0.29) is 17.5 Å². The molecule has 3 aromatic heterocycles. The molecule has 12 heteroatoms. The Balaban J connectivity index is 1.68. The monoisotopic (exact) mass is 421 g/mol. The van der Waals surface area contributed by atoms with Gasteiger partial charge < -0.3 is 10.6 Å². The number of aromatic nitrogens is 7. The molecular weight excluding hydrogens is 399 g/mol. The summed E-state index contributed by atoms with van der Waals surface area (Å²) in [5, 5.41) is 18.8. The normalized spacial score (nSPS) is 14.7. The highest BCUT2D eigenvalue weighted by molar-refractivity contribution is 5.61. The Morgan fingerprint density at radius 1 is 1.17 bits per heavy atom. The zero-order valence-electron chi connectivity index (χ0n) is 16.8. The maximum Gasteiger partial charge on any atom is 0.419 e. The highest BCUT2D eigenvalue weighted by Gasteiger charge is 2.36. The van der Waals surface area contributed by atoms with Gasteiger partial charge in [0.15, 0.2) is 5.82 Å². The molecule has 1 saturated carbocycles. The van der Waals surface area contributed by atoms with Gasteiger partial charge >= 0.3 is 6.18 Å². The van der Waals surface area contributed by atoms with Crippen LogP contribution >= 0.6 is 0 Å². The third kappa shape index (κ3) is 3.81. The molecule has 0 spiro atoms. The second-order valence-corrected chi connectivity index (χ2v) is 7.58. The van der Waals surface area contributed by atoms with Gasteiger partial charge in [-0.2, -0.15) is 38.2 Å². The number of nitrogens with zero attached hydrogens (tertiary/aromatic N) is 7. The van der Waals surface area contributed by atoms with Crippen molar-refractivity contribution >= 4 is 17.5 Å². The summed E-state index contributed by atoms with van der Waals surface area (Å²) in [6, 6.07) is 1.52. The van der Waals surface area contributed by atoms with Gasteiger partial charge in [0, 0.05) is 18.8 Å². The van der Waals surface area contributed by atoms with Crippen LogP contribution in [0.5, 0.6) is 0 Å². The number of pyridine rings is 1. The van der Waals surface area contributed by atoms with Crippen molar-refractivity contribution in [2.45, 2.75) is 51.4 Å². The van der Waals surface area contributed by atoms with Gasteiger partial charge in [-0.15, -0.1) is 0 Å². The molecule has 0 aliphatic heterocycles. The molecule has 0 radical (unpaired) electrons. The number of anilines is 3. The van der Waals surface area contributed by atoms with Crippen molar-refractivity contribution in [2.75, 3.05) is 17.2 Å². The van der Waals surface area contributed by atoms with Crippen molar-refractivity contribution in [1.29, 1.82) is 0 Å². The van der Waals surface area contributed by atoms with Crippen LogP contribution in [0.3, 0.4) is 0 Å². The first-order valence-electron chi connectivity index (χ1n) is 9.62. The van der Waals surface area contributed by atoms with Crippen LogP contribution in [0, 0.1) is 0 Å². The lowest BCUT2D eigenvalue weighted by Crippen LogP contribution is -2.31. The molecule has 3 heterocycles. The minimum Gasteiger partial charge on any atom is -0.385 e. The predicted octanol–water partition coefficient (Wildman–Crippen LogP) is 3.58. The lowest BCUT2D eigenvalue weighted by Gasteiger charge is -2.19. The van der Waals surface area contributed by atoms with Crippen molar-refractivity contribution in [3.05, 3.63) is 36.0 Å². The number of rotatable bonds is 7. The number of alkyl halides is 3. The van der Waals surface area contributed by atoms with Gasteiger partial charge in [-0.05, 0) is 33.6 Å². The Bertz CT molecular complexity index is 1020. The van der Waals surface area contributed by atoms with Gasteiger partial charge in [0.1, 0.15) is 11.4 Å². The molecule has 0 unspecified atom stereocenters. The number of nitrogens with one attached hydrogen (secondary N) is 2. The van der Waals surface area contributed by atoms with Gasteiger partial charge in [0.05, 0.1) is 29.7 Å². The van der Waals surface area contributed by atoms with Crippen molar-refractivity contribution < 1.29 is 13.2 Å². The minimum atomic E-state index is -4.50. The molecule has 0 aromatic carbocycles. The van der Waals surface area contributed by atoms with Crippen LogP contribution in [0.25, 0.3) is 0 Å². The summed E-state index contributed by atoms with van der Waals surface area (Å²) >= 11 is 0. The summed E-state index contributed by atoms with van der Waals surface area (Å²) in [6.45, 7) is 5.86. The van der Waals surface area contributed by atoms with Gasteiger partial charge in [-0.25, -0.2) is 9.67 Å². The fourth-order valence-electron chi connectivity index (χ4n) is 3.04. The number of halogens is 3. The maximum atomic E-state index is 13.2. The first kappa shape index (κ1) is 20.1. The molecular formula is C18H22F3N9. The zero-order chi connectivity index (χ0) is 21.5. The Morgan fingerprint density at radius 2 is 1.87 bits per heavy atom. The highest BCUT2D eigenvalue weighted by atomic mass is 19.4. The van der Waals surface area contributed by atoms with Crippen molar-refractivity contribution in [3.63, 3.8) is 0 Å². The van der Waals surface area contributed by atoms with E-state index in [1.807, 2.05) is 13.8 Å². The largest absolute Gasteiger partial charge is 0.419 e. The third-order valence-corrected chi connectivity index (χ3v) is 4.81. The maximum absolute atomic E-state index is 13.2. The highest BCUT2D eigenvalue weighted by Crippen LogP contribution is 2.39. The van der Waals surface area contributed by atoms with E-state index in [4.69, 9.17) is 0 Å². The molecule has 9 nitrogen and oxygen atoms in total. The van der Waals surface area contributed by atoms with Gasteiger partial charge in [-0.3, -0.25) is 0 Å². The van der Waals surface area contributed by atoms with E-state index < -0.39 is 17.3 Å². The quantitative estimate of drug-likeness (QED) is 0.602. The van der Waals surface area contributed by atoms with Crippen LogP contribution in [-0.2, 0) is 11.7 Å². The Kier molecular flexibility index (Phi) is 4.86. The van der Waals surface area contributed by atoms with Crippen LogP contribution in [0.1, 0.15) is 51.0 Å². The first-order valence-corrected chi connectivity index (χ1v) is 9.62. The Hall–Kier alpha value is -3.18. The first-order chi connectivity index (χ1) is 14.2. The van der Waals surface area contributed by atoms with Gasteiger partial charge in [0.25, 0.3) is 0 Å². The second kappa shape index (κ2) is 7.26. The lowest BCUT2D eigenvalue weighted by atomic mass is 10.1. The van der Waals surface area contributed by atoms with E-state index in [1.54, 1.807) is 24.0 Å². The molecule has 0 saturated heterocycles.